The molecule has 0 radical (unpaired) electrons. The Labute approximate surface area is 121 Å². The number of alkyl halides is 3. The van der Waals surface area contributed by atoms with Gasteiger partial charge in [0.1, 0.15) is 0 Å². The van der Waals surface area contributed by atoms with Crippen molar-refractivity contribution in [3.05, 3.63) is 6.92 Å². The van der Waals surface area contributed by atoms with E-state index in [0.29, 0.717) is 0 Å². The second-order valence-corrected chi connectivity index (χ2v) is 0.865. The minimum Gasteiger partial charge on any atom is -0.400 e. The third-order valence-electron chi connectivity index (χ3n) is 0.283. The third kappa shape index (κ3) is 106. The molecular weight excluding hydrogens is 360 g/mol. The second kappa shape index (κ2) is 36.6. The van der Waals surface area contributed by atoms with Crippen LogP contribution in [0.2, 0.25) is 0 Å². The van der Waals surface area contributed by atoms with E-state index in [1.165, 1.54) is 0 Å². The fourth-order valence-corrected chi connectivity index (χ4v) is 0. The molecule has 0 fully saturated rings. The molecule has 3 N–H and O–H groups in total. The van der Waals surface area contributed by atoms with Crippen molar-refractivity contribution in [1.29, 1.82) is 0 Å². The summed E-state index contributed by atoms with van der Waals surface area (Å²) in [6.45, 7) is 2.63. The molecule has 0 aliphatic carbocycles. The van der Waals surface area contributed by atoms with E-state index >= 15 is 0 Å². The summed E-state index contributed by atoms with van der Waals surface area (Å²) >= 11 is 0. The van der Waals surface area contributed by atoms with Crippen LogP contribution in [0.3, 0.4) is 0 Å². The van der Waals surface area contributed by atoms with E-state index in [9.17, 15) is 13.2 Å². The first-order chi connectivity index (χ1) is 5.56. The topological polar surface area (TPSA) is 60.7 Å². The number of rotatable bonds is 0. The molecule has 0 rings (SSSR count). The molecule has 0 aliphatic heterocycles. The Morgan fingerprint density at radius 3 is 0.929 bits per heavy atom. The third-order valence-corrected chi connectivity index (χ3v) is 0.283. The van der Waals surface area contributed by atoms with Crippen LogP contribution in [0.25, 0.3) is 0 Å². The van der Waals surface area contributed by atoms with Gasteiger partial charge in [0, 0.05) is 73.7 Å². The van der Waals surface area contributed by atoms with Gasteiger partial charge in [0.2, 0.25) is 0 Å². The zero-order valence-corrected chi connectivity index (χ0v) is 13.3. The Morgan fingerprint density at radius 2 is 0.929 bits per heavy atom. The van der Waals surface area contributed by atoms with Crippen molar-refractivity contribution in [2.75, 3.05) is 21.3 Å². The predicted molar refractivity (Wildman–Crippen MR) is 40.5 cm³/mol. The maximum Gasteiger partial charge on any atom is 0.363 e. The molecule has 0 aromatic heterocycles. The molecule has 0 heterocycles. The summed E-state index contributed by atoms with van der Waals surface area (Å²) in [5.74, 6) is 0. The Bertz CT molecular complexity index is 56.1. The van der Waals surface area contributed by atoms with Crippen molar-refractivity contribution >= 4 is 0 Å². The van der Waals surface area contributed by atoms with E-state index in [-0.39, 0.29) is 52.4 Å². The Morgan fingerprint density at radius 1 is 0.857 bits per heavy atom. The summed E-state index contributed by atoms with van der Waals surface area (Å²) in [6, 6.07) is 0. The average molecular weight is 376 g/mol. The monoisotopic (exact) mass is 373 g/mol. The Kier molecular flexibility index (Phi) is 94.5. The zero-order chi connectivity index (χ0) is 11.2. The van der Waals surface area contributed by atoms with E-state index in [4.69, 9.17) is 15.3 Å². The van der Waals surface area contributed by atoms with Crippen molar-refractivity contribution in [3.63, 3.8) is 0 Å². The van der Waals surface area contributed by atoms with Gasteiger partial charge in [0.25, 0.3) is 0 Å². The standard InChI is InChI=1S/C3H4F3.3CH4O.2Zr/c1-2-3(4,5)6;3*1-2;;/h1-2H2;3*2H,1H3;;/q-1;;;;;. The molecule has 3 nitrogen and oxygen atoms in total. The number of aliphatic hydroxyl groups excluding tert-OH is 3. The van der Waals surface area contributed by atoms with Gasteiger partial charge in [-0.15, -0.1) is 0 Å². The summed E-state index contributed by atoms with van der Waals surface area (Å²) in [7, 11) is 3.00. The van der Waals surface area contributed by atoms with Gasteiger partial charge in [0.05, 0.1) is 0 Å². The summed E-state index contributed by atoms with van der Waals surface area (Å²) < 4.78 is 32.2. The van der Waals surface area contributed by atoms with Crippen LogP contribution in [-0.4, -0.2) is 42.8 Å². The Balaban J connectivity index is -0.0000000175. The second-order valence-electron chi connectivity index (χ2n) is 0.865. The molecule has 0 aromatic carbocycles. The summed E-state index contributed by atoms with van der Waals surface area (Å²) in [5.41, 5.74) is 0. The minimum atomic E-state index is -4.07. The van der Waals surface area contributed by atoms with Crippen LogP contribution in [0.5, 0.6) is 0 Å². The molecule has 0 saturated heterocycles. The van der Waals surface area contributed by atoms with Gasteiger partial charge in [-0.05, 0) is 0 Å². The van der Waals surface area contributed by atoms with E-state index < -0.39 is 12.6 Å². The largest absolute Gasteiger partial charge is 0.400 e. The first-order valence-electron chi connectivity index (χ1n) is 2.76. The molecular formula is C6H16F3O3Zr2-. The normalized spacial score (nSPS) is 6.43. The van der Waals surface area contributed by atoms with Crippen LogP contribution in [-0.2, 0) is 52.4 Å². The molecule has 0 aliphatic rings. The van der Waals surface area contributed by atoms with Crippen molar-refractivity contribution in [1.82, 2.24) is 0 Å². The summed E-state index contributed by atoms with van der Waals surface area (Å²) in [6.07, 6.45) is -5.05. The van der Waals surface area contributed by atoms with Crippen LogP contribution in [0, 0.1) is 6.92 Å². The van der Waals surface area contributed by atoms with E-state index in [0.717, 1.165) is 21.3 Å². The molecule has 0 saturated carbocycles. The predicted octanol–water partition coefficient (Wildman–Crippen LogP) is 0.593. The fourth-order valence-electron chi connectivity index (χ4n) is 0. The van der Waals surface area contributed by atoms with Crippen molar-refractivity contribution < 1.29 is 80.9 Å². The molecule has 0 bridgehead atoms. The molecule has 8 heteroatoms. The first-order valence-corrected chi connectivity index (χ1v) is 2.76. The Hall–Kier alpha value is 1.44. The van der Waals surface area contributed by atoms with Crippen LogP contribution in [0.4, 0.5) is 13.2 Å². The van der Waals surface area contributed by atoms with Crippen LogP contribution < -0.4 is 0 Å². The van der Waals surface area contributed by atoms with Gasteiger partial charge in [-0.2, -0.15) is 13.2 Å². The SMILES string of the molecule is CO.CO.CO.[CH2-]CC(F)(F)F.[Zr].[Zr]. The van der Waals surface area contributed by atoms with Gasteiger partial charge in [-0.1, -0.05) is 6.42 Å². The van der Waals surface area contributed by atoms with Crippen molar-refractivity contribution in [3.8, 4) is 0 Å². The summed E-state index contributed by atoms with van der Waals surface area (Å²) in [4.78, 5) is 0. The molecule has 0 atom stereocenters. The molecule has 0 aromatic rings. The molecule has 14 heavy (non-hydrogen) atoms. The van der Waals surface area contributed by atoms with Gasteiger partial charge in [-0.3, -0.25) is 0 Å². The van der Waals surface area contributed by atoms with E-state index in [2.05, 4.69) is 6.92 Å². The van der Waals surface area contributed by atoms with Crippen LogP contribution >= 0.6 is 0 Å². The molecule has 0 unspecified atom stereocenters. The van der Waals surface area contributed by atoms with Gasteiger partial charge < -0.3 is 22.2 Å². The number of hydrogen-bond donors (Lipinski definition) is 3. The van der Waals surface area contributed by atoms with Crippen molar-refractivity contribution in [2.24, 2.45) is 0 Å². The van der Waals surface area contributed by atoms with Crippen LogP contribution in [0.15, 0.2) is 0 Å². The fraction of sp³-hybridized carbons (Fsp3) is 0.833. The molecule has 88 valence electrons. The quantitative estimate of drug-likeness (QED) is 0.543. The van der Waals surface area contributed by atoms with E-state index in [1.807, 2.05) is 0 Å². The van der Waals surface area contributed by atoms with Crippen molar-refractivity contribution in [2.45, 2.75) is 12.6 Å². The molecule has 0 amide bonds. The first kappa shape index (κ1) is 36.1. The zero-order valence-electron chi connectivity index (χ0n) is 8.39. The van der Waals surface area contributed by atoms with Gasteiger partial charge >= 0.3 is 6.18 Å². The minimum absolute atomic E-state index is 0. The van der Waals surface area contributed by atoms with Gasteiger partial charge in [-0.25, -0.2) is 0 Å². The maximum atomic E-state index is 10.7. The average Bonchev–Trinajstić information content (AvgIpc) is 2.14. The number of halogens is 3. The van der Waals surface area contributed by atoms with Crippen LogP contribution in [0.1, 0.15) is 6.42 Å². The van der Waals surface area contributed by atoms with Gasteiger partial charge in [0.15, 0.2) is 0 Å². The summed E-state index contributed by atoms with van der Waals surface area (Å²) in [5, 5.41) is 21.0. The molecule has 0 spiro atoms. The number of hydrogen-bond acceptors (Lipinski definition) is 3. The smallest absolute Gasteiger partial charge is 0.363 e. The van der Waals surface area contributed by atoms with E-state index in [1.54, 1.807) is 0 Å². The maximum absolute atomic E-state index is 10.7. The number of aliphatic hydroxyl groups is 3.